The number of amides is 2. The Labute approximate surface area is 182 Å². The van der Waals surface area contributed by atoms with E-state index in [4.69, 9.17) is 0 Å². The molecule has 2 amide bonds. The van der Waals surface area contributed by atoms with E-state index < -0.39 is 10.0 Å². The number of rotatable bonds is 4. The van der Waals surface area contributed by atoms with Gasteiger partial charge in [-0.15, -0.1) is 0 Å². The van der Waals surface area contributed by atoms with Gasteiger partial charge in [-0.3, -0.25) is 14.6 Å². The highest BCUT2D eigenvalue weighted by Crippen LogP contribution is 2.31. The van der Waals surface area contributed by atoms with Crippen LogP contribution in [0.25, 0.3) is 0 Å². The number of hydrogen-bond acceptors (Lipinski definition) is 5. The van der Waals surface area contributed by atoms with Crippen molar-refractivity contribution in [3.05, 3.63) is 48.3 Å². The molecule has 0 saturated carbocycles. The summed E-state index contributed by atoms with van der Waals surface area (Å²) < 4.78 is 27.8. The van der Waals surface area contributed by atoms with Crippen LogP contribution >= 0.6 is 0 Å². The van der Waals surface area contributed by atoms with Gasteiger partial charge in [0.25, 0.3) is 0 Å². The van der Waals surface area contributed by atoms with Gasteiger partial charge in [0.1, 0.15) is 0 Å². The molecule has 3 heterocycles. The number of aromatic nitrogens is 1. The molecule has 0 spiro atoms. The quantitative estimate of drug-likeness (QED) is 0.784. The highest BCUT2D eigenvalue weighted by molar-refractivity contribution is 7.89. The summed E-state index contributed by atoms with van der Waals surface area (Å²) in [4.78, 5) is 30.3. The van der Waals surface area contributed by atoms with Crippen LogP contribution in [0.5, 0.6) is 0 Å². The molecule has 0 radical (unpaired) electrons. The Morgan fingerprint density at radius 2 is 1.90 bits per heavy atom. The molecule has 1 fully saturated rings. The molecule has 1 N–H and O–H groups in total. The number of hydrogen-bond donors (Lipinski definition) is 1. The van der Waals surface area contributed by atoms with E-state index in [1.807, 2.05) is 0 Å². The van der Waals surface area contributed by atoms with Crippen LogP contribution in [0.2, 0.25) is 0 Å². The van der Waals surface area contributed by atoms with E-state index in [0.29, 0.717) is 38.2 Å². The van der Waals surface area contributed by atoms with E-state index in [1.165, 1.54) is 11.2 Å². The van der Waals surface area contributed by atoms with Gasteiger partial charge in [-0.05, 0) is 61.6 Å². The molecule has 4 rings (SSSR count). The van der Waals surface area contributed by atoms with Crippen LogP contribution in [-0.4, -0.2) is 49.2 Å². The fourth-order valence-electron chi connectivity index (χ4n) is 4.25. The number of nitrogens with zero attached hydrogens (tertiary/aromatic N) is 3. The topological polar surface area (TPSA) is 99.7 Å². The normalized spacial score (nSPS) is 17.8. The van der Waals surface area contributed by atoms with Crippen LogP contribution in [0.4, 0.5) is 11.4 Å². The third kappa shape index (κ3) is 4.47. The molecular formula is C22H26N4O4S. The zero-order chi connectivity index (χ0) is 22.0. The standard InChI is InChI=1S/C22H26N4O4S/c1-16(27)26-11-3-4-18-14-20(6-7-21(18)26)31(29,30)25-12-8-17(9-13-25)22(28)24-19-5-2-10-23-15-19/h2,5-7,10,14-15,17H,3-4,8-9,11-13H2,1H3,(H,24,28). The van der Waals surface area contributed by atoms with Gasteiger partial charge >= 0.3 is 0 Å². The zero-order valence-corrected chi connectivity index (χ0v) is 18.3. The van der Waals surface area contributed by atoms with E-state index in [-0.39, 0.29) is 22.6 Å². The van der Waals surface area contributed by atoms with E-state index >= 15 is 0 Å². The summed E-state index contributed by atoms with van der Waals surface area (Å²) in [6.45, 7) is 2.77. The van der Waals surface area contributed by atoms with Gasteiger partial charge in [0.05, 0.1) is 16.8 Å². The number of carbonyl (C=O) groups is 2. The van der Waals surface area contributed by atoms with Crippen molar-refractivity contribution in [3.8, 4) is 0 Å². The molecule has 0 unspecified atom stereocenters. The third-order valence-electron chi connectivity index (χ3n) is 5.94. The van der Waals surface area contributed by atoms with Gasteiger partial charge in [0, 0.05) is 44.4 Å². The molecule has 0 bridgehead atoms. The Morgan fingerprint density at radius 1 is 1.13 bits per heavy atom. The predicted molar refractivity (Wildman–Crippen MR) is 117 cm³/mol. The summed E-state index contributed by atoms with van der Waals surface area (Å²) in [6.07, 6.45) is 5.72. The molecule has 2 aliphatic heterocycles. The van der Waals surface area contributed by atoms with Gasteiger partial charge < -0.3 is 10.2 Å². The number of fused-ring (bicyclic) bond motifs is 1. The third-order valence-corrected chi connectivity index (χ3v) is 7.84. The second-order valence-corrected chi connectivity index (χ2v) is 9.91. The maximum absolute atomic E-state index is 13.2. The maximum Gasteiger partial charge on any atom is 0.243 e. The number of carbonyl (C=O) groups excluding carboxylic acids is 2. The van der Waals surface area contributed by atoms with Gasteiger partial charge in [-0.1, -0.05) is 0 Å². The molecule has 8 nitrogen and oxygen atoms in total. The number of piperidine rings is 1. The summed E-state index contributed by atoms with van der Waals surface area (Å²) in [5, 5.41) is 2.84. The van der Waals surface area contributed by atoms with Gasteiger partial charge in [-0.25, -0.2) is 8.42 Å². The largest absolute Gasteiger partial charge is 0.324 e. The SMILES string of the molecule is CC(=O)N1CCCc2cc(S(=O)(=O)N3CCC(C(=O)Nc4cccnc4)CC3)ccc21. The molecule has 164 valence electrons. The Balaban J connectivity index is 1.43. The molecule has 2 aromatic rings. The molecule has 31 heavy (non-hydrogen) atoms. The highest BCUT2D eigenvalue weighted by atomic mass is 32.2. The second kappa shape index (κ2) is 8.76. The molecule has 2 aliphatic rings. The van der Waals surface area contributed by atoms with E-state index in [0.717, 1.165) is 24.1 Å². The van der Waals surface area contributed by atoms with Crippen LogP contribution in [0.3, 0.4) is 0 Å². The number of sulfonamides is 1. The Morgan fingerprint density at radius 3 is 2.58 bits per heavy atom. The summed E-state index contributed by atoms with van der Waals surface area (Å²) >= 11 is 0. The number of anilines is 2. The number of nitrogens with one attached hydrogen (secondary N) is 1. The molecule has 0 aliphatic carbocycles. The minimum absolute atomic E-state index is 0.0387. The van der Waals surface area contributed by atoms with Crippen molar-refractivity contribution in [1.82, 2.24) is 9.29 Å². The number of aryl methyl sites for hydroxylation is 1. The summed E-state index contributed by atoms with van der Waals surface area (Å²) in [5.41, 5.74) is 2.31. The van der Waals surface area contributed by atoms with Crippen molar-refractivity contribution < 1.29 is 18.0 Å². The van der Waals surface area contributed by atoms with Gasteiger partial charge in [0.2, 0.25) is 21.8 Å². The predicted octanol–water partition coefficient (Wildman–Crippen LogP) is 2.42. The molecule has 0 atom stereocenters. The first-order valence-electron chi connectivity index (χ1n) is 10.5. The van der Waals surface area contributed by atoms with E-state index in [2.05, 4.69) is 10.3 Å². The molecule has 9 heteroatoms. The number of pyridine rings is 1. The Hall–Kier alpha value is -2.78. The van der Waals surface area contributed by atoms with Crippen molar-refractivity contribution in [2.24, 2.45) is 5.92 Å². The van der Waals surface area contributed by atoms with Crippen LogP contribution in [0, 0.1) is 5.92 Å². The average molecular weight is 443 g/mol. The average Bonchev–Trinajstić information content (AvgIpc) is 2.79. The lowest BCUT2D eigenvalue weighted by Crippen LogP contribution is -2.41. The number of benzene rings is 1. The first kappa shape index (κ1) is 21.5. The Bertz CT molecular complexity index is 1080. The van der Waals surface area contributed by atoms with Crippen LogP contribution < -0.4 is 10.2 Å². The molecule has 1 saturated heterocycles. The van der Waals surface area contributed by atoms with Crippen molar-refractivity contribution in [3.63, 3.8) is 0 Å². The fraction of sp³-hybridized carbons (Fsp3) is 0.409. The minimum Gasteiger partial charge on any atom is -0.324 e. The van der Waals surface area contributed by atoms with E-state index in [9.17, 15) is 18.0 Å². The monoisotopic (exact) mass is 442 g/mol. The van der Waals surface area contributed by atoms with E-state index in [1.54, 1.807) is 47.6 Å². The second-order valence-electron chi connectivity index (χ2n) is 7.97. The molecular weight excluding hydrogens is 416 g/mol. The maximum atomic E-state index is 13.2. The lowest BCUT2D eigenvalue weighted by Gasteiger charge is -2.32. The van der Waals surface area contributed by atoms with Gasteiger partial charge in [-0.2, -0.15) is 4.31 Å². The summed E-state index contributed by atoms with van der Waals surface area (Å²) in [5.74, 6) is -0.384. The van der Waals surface area contributed by atoms with Crippen LogP contribution in [0.1, 0.15) is 31.7 Å². The van der Waals surface area contributed by atoms with Crippen LogP contribution in [0.15, 0.2) is 47.6 Å². The smallest absolute Gasteiger partial charge is 0.243 e. The highest BCUT2D eigenvalue weighted by Gasteiger charge is 2.33. The molecule has 1 aromatic heterocycles. The van der Waals surface area contributed by atoms with Crippen molar-refractivity contribution in [2.45, 2.75) is 37.5 Å². The summed E-state index contributed by atoms with van der Waals surface area (Å²) in [7, 11) is -3.65. The van der Waals surface area contributed by atoms with Crippen molar-refractivity contribution in [2.75, 3.05) is 29.9 Å². The van der Waals surface area contributed by atoms with Crippen molar-refractivity contribution >= 4 is 33.2 Å². The lowest BCUT2D eigenvalue weighted by molar-refractivity contribution is -0.121. The first-order valence-corrected chi connectivity index (χ1v) is 11.9. The lowest BCUT2D eigenvalue weighted by atomic mass is 9.97. The van der Waals surface area contributed by atoms with Crippen molar-refractivity contribution in [1.29, 1.82) is 0 Å². The van der Waals surface area contributed by atoms with Crippen LogP contribution in [-0.2, 0) is 26.0 Å². The first-order chi connectivity index (χ1) is 14.9. The molecule has 1 aromatic carbocycles. The summed E-state index contributed by atoms with van der Waals surface area (Å²) in [6, 6.07) is 8.53. The van der Waals surface area contributed by atoms with Gasteiger partial charge in [0.15, 0.2) is 0 Å². The minimum atomic E-state index is -3.65. The zero-order valence-electron chi connectivity index (χ0n) is 17.5. The fourth-order valence-corrected chi connectivity index (χ4v) is 5.77. The Kier molecular flexibility index (Phi) is 6.06.